The van der Waals surface area contributed by atoms with Gasteiger partial charge in [0.05, 0.1) is 5.25 Å². The summed E-state index contributed by atoms with van der Waals surface area (Å²) in [5.41, 5.74) is 1.84. The fourth-order valence-electron chi connectivity index (χ4n) is 2.30. The number of benzene rings is 2. The lowest BCUT2D eigenvalue weighted by atomic mass is 10.2. The molecule has 0 aliphatic carbocycles. The normalized spacial score (nSPS) is 13.0. The van der Waals surface area contributed by atoms with Crippen LogP contribution in [0.2, 0.25) is 0 Å². The van der Waals surface area contributed by atoms with Gasteiger partial charge in [-0.25, -0.2) is 4.39 Å². The van der Waals surface area contributed by atoms with Crippen LogP contribution in [-0.4, -0.2) is 21.4 Å². The zero-order valence-electron chi connectivity index (χ0n) is 15.7. The Morgan fingerprint density at radius 3 is 2.57 bits per heavy atom. The first-order chi connectivity index (χ1) is 13.4. The number of aryl methyl sites for hydroxylation is 1. The Kier molecular flexibility index (Phi) is 6.30. The van der Waals surface area contributed by atoms with Gasteiger partial charge < -0.3 is 14.5 Å². The van der Waals surface area contributed by atoms with Gasteiger partial charge in [-0.3, -0.25) is 4.79 Å². The summed E-state index contributed by atoms with van der Waals surface area (Å²) in [6.07, 6.45) is -0.629. The van der Waals surface area contributed by atoms with Gasteiger partial charge in [0.25, 0.3) is 11.1 Å². The molecule has 146 valence electrons. The fraction of sp³-hybridized carbons (Fsp3) is 0.250. The van der Waals surface area contributed by atoms with Crippen molar-refractivity contribution in [3.63, 3.8) is 0 Å². The number of anilines is 1. The number of halogens is 1. The first-order valence-electron chi connectivity index (χ1n) is 8.71. The molecule has 2 atom stereocenters. The van der Waals surface area contributed by atoms with Gasteiger partial charge in [0.15, 0.2) is 17.7 Å². The number of amides is 1. The van der Waals surface area contributed by atoms with Crippen molar-refractivity contribution in [2.24, 2.45) is 0 Å². The van der Waals surface area contributed by atoms with E-state index in [1.54, 1.807) is 26.0 Å². The summed E-state index contributed by atoms with van der Waals surface area (Å²) in [7, 11) is 0. The highest BCUT2D eigenvalue weighted by Gasteiger charge is 2.21. The third-order valence-electron chi connectivity index (χ3n) is 3.88. The van der Waals surface area contributed by atoms with Crippen LogP contribution < -0.4 is 10.1 Å². The Morgan fingerprint density at radius 1 is 1.14 bits per heavy atom. The molecule has 0 saturated heterocycles. The maximum Gasteiger partial charge on any atom is 0.277 e. The van der Waals surface area contributed by atoms with Crippen molar-refractivity contribution in [1.29, 1.82) is 0 Å². The minimum Gasteiger partial charge on any atom is -0.478 e. The van der Waals surface area contributed by atoms with E-state index in [2.05, 4.69) is 15.5 Å². The Balaban J connectivity index is 1.58. The molecule has 6 nitrogen and oxygen atoms in total. The number of rotatable bonds is 7. The van der Waals surface area contributed by atoms with Crippen LogP contribution in [0.25, 0.3) is 0 Å². The number of aromatic nitrogens is 2. The van der Waals surface area contributed by atoms with E-state index < -0.39 is 17.2 Å². The number of carbonyl (C=O) groups is 1. The summed E-state index contributed by atoms with van der Waals surface area (Å²) in [5, 5.41) is 10.5. The maximum atomic E-state index is 13.7. The van der Waals surface area contributed by atoms with E-state index in [-0.39, 0.29) is 22.8 Å². The van der Waals surface area contributed by atoms with E-state index in [4.69, 9.17) is 9.15 Å². The van der Waals surface area contributed by atoms with Crippen LogP contribution in [0, 0.1) is 12.7 Å². The molecule has 0 aliphatic rings. The van der Waals surface area contributed by atoms with Crippen molar-refractivity contribution in [3.8, 4) is 5.75 Å². The van der Waals surface area contributed by atoms with Gasteiger partial charge >= 0.3 is 0 Å². The highest BCUT2D eigenvalue weighted by Crippen LogP contribution is 2.27. The minimum absolute atomic E-state index is 0.105. The third-order valence-corrected chi connectivity index (χ3v) is 4.81. The number of ether oxygens (including phenoxy) is 1. The topological polar surface area (TPSA) is 77.2 Å². The number of thioether (sulfide) groups is 1. The second-order valence-corrected chi connectivity index (χ2v) is 7.50. The second kappa shape index (κ2) is 8.88. The molecule has 28 heavy (non-hydrogen) atoms. The molecule has 0 aliphatic heterocycles. The van der Waals surface area contributed by atoms with Crippen molar-refractivity contribution in [2.75, 3.05) is 5.32 Å². The van der Waals surface area contributed by atoms with Gasteiger partial charge in [0.2, 0.25) is 5.91 Å². The Bertz CT molecular complexity index is 946. The summed E-state index contributed by atoms with van der Waals surface area (Å²) >= 11 is 1.14. The lowest BCUT2D eigenvalue weighted by Gasteiger charge is -2.11. The highest BCUT2D eigenvalue weighted by atomic mass is 32.2. The third kappa shape index (κ3) is 5.10. The molecule has 1 aromatic heterocycles. The van der Waals surface area contributed by atoms with Gasteiger partial charge in [0.1, 0.15) is 0 Å². The standard InChI is InChI=1S/C20H20FN3O3S/c1-12-8-10-15(11-9-12)22-18(25)14(3)28-20-24-23-19(27-20)13(2)26-17-7-5-4-6-16(17)21/h4-11,13-14H,1-3H3,(H,22,25)/t13-,14+/m0/s1. The summed E-state index contributed by atoms with van der Waals surface area (Å²) in [5.74, 6) is -0.334. The van der Waals surface area contributed by atoms with E-state index in [1.165, 1.54) is 12.1 Å². The van der Waals surface area contributed by atoms with Crippen LogP contribution in [-0.2, 0) is 4.79 Å². The van der Waals surface area contributed by atoms with E-state index in [0.29, 0.717) is 0 Å². The molecule has 1 heterocycles. The van der Waals surface area contributed by atoms with Gasteiger partial charge in [-0.2, -0.15) is 0 Å². The molecule has 0 bridgehead atoms. The molecular formula is C20H20FN3O3S. The maximum absolute atomic E-state index is 13.7. The lowest BCUT2D eigenvalue weighted by molar-refractivity contribution is -0.115. The predicted molar refractivity (Wildman–Crippen MR) is 105 cm³/mol. The van der Waals surface area contributed by atoms with Crippen LogP contribution in [0.15, 0.2) is 58.2 Å². The van der Waals surface area contributed by atoms with Gasteiger partial charge in [-0.15, -0.1) is 10.2 Å². The Labute approximate surface area is 166 Å². The van der Waals surface area contributed by atoms with Crippen LogP contribution in [0.3, 0.4) is 0 Å². The molecule has 3 rings (SSSR count). The zero-order valence-corrected chi connectivity index (χ0v) is 16.5. The summed E-state index contributed by atoms with van der Waals surface area (Å²) in [6.45, 7) is 5.41. The molecule has 8 heteroatoms. The van der Waals surface area contributed by atoms with Gasteiger partial charge in [-0.1, -0.05) is 41.6 Å². The van der Waals surface area contributed by atoms with Gasteiger partial charge in [-0.05, 0) is 45.0 Å². The molecule has 0 unspecified atom stereocenters. The number of hydrogen-bond donors (Lipinski definition) is 1. The molecule has 3 aromatic rings. The summed E-state index contributed by atoms with van der Waals surface area (Å²) < 4.78 is 24.8. The van der Waals surface area contributed by atoms with Crippen LogP contribution in [0.5, 0.6) is 5.75 Å². The van der Waals surface area contributed by atoms with E-state index >= 15 is 0 Å². The van der Waals surface area contributed by atoms with Crippen molar-refractivity contribution in [1.82, 2.24) is 10.2 Å². The quantitative estimate of drug-likeness (QED) is 0.574. The number of para-hydroxylation sites is 1. The summed E-state index contributed by atoms with van der Waals surface area (Å²) in [6, 6.07) is 13.6. The molecule has 0 radical (unpaired) electrons. The van der Waals surface area contributed by atoms with Crippen LogP contribution in [0.1, 0.15) is 31.4 Å². The Hall–Kier alpha value is -2.87. The Morgan fingerprint density at radius 2 is 1.86 bits per heavy atom. The average molecular weight is 401 g/mol. The molecule has 0 saturated carbocycles. The molecular weight excluding hydrogens is 381 g/mol. The monoisotopic (exact) mass is 401 g/mol. The van der Waals surface area contributed by atoms with Crippen molar-refractivity contribution in [3.05, 3.63) is 65.8 Å². The molecule has 0 spiro atoms. The van der Waals surface area contributed by atoms with Gasteiger partial charge in [0, 0.05) is 5.69 Å². The van der Waals surface area contributed by atoms with E-state index in [9.17, 15) is 9.18 Å². The van der Waals surface area contributed by atoms with Crippen molar-refractivity contribution >= 4 is 23.4 Å². The number of nitrogens with one attached hydrogen (secondary N) is 1. The molecule has 0 fully saturated rings. The molecule has 1 N–H and O–H groups in total. The average Bonchev–Trinajstić information content (AvgIpc) is 3.14. The predicted octanol–water partition coefficient (Wildman–Crippen LogP) is 4.78. The zero-order chi connectivity index (χ0) is 20.1. The van der Waals surface area contributed by atoms with Crippen molar-refractivity contribution in [2.45, 2.75) is 37.3 Å². The first-order valence-corrected chi connectivity index (χ1v) is 9.59. The number of nitrogens with zero attached hydrogens (tertiary/aromatic N) is 2. The largest absolute Gasteiger partial charge is 0.478 e. The van der Waals surface area contributed by atoms with E-state index in [1.807, 2.05) is 31.2 Å². The highest BCUT2D eigenvalue weighted by molar-refractivity contribution is 8.00. The summed E-state index contributed by atoms with van der Waals surface area (Å²) in [4.78, 5) is 12.3. The number of carbonyl (C=O) groups excluding carboxylic acids is 1. The smallest absolute Gasteiger partial charge is 0.277 e. The molecule has 2 aromatic carbocycles. The van der Waals surface area contributed by atoms with Crippen molar-refractivity contribution < 1.29 is 18.3 Å². The van der Waals surface area contributed by atoms with Crippen LogP contribution >= 0.6 is 11.8 Å². The fourth-order valence-corrected chi connectivity index (χ4v) is 2.99. The second-order valence-electron chi connectivity index (χ2n) is 6.21. The number of hydrogen-bond acceptors (Lipinski definition) is 6. The minimum atomic E-state index is -0.629. The van der Waals surface area contributed by atoms with Crippen LogP contribution in [0.4, 0.5) is 10.1 Å². The SMILES string of the molecule is Cc1ccc(NC(=O)[C@@H](C)Sc2nnc([C@H](C)Oc3ccccc3F)o2)cc1. The van der Waals surface area contributed by atoms with E-state index in [0.717, 1.165) is 23.0 Å². The lowest BCUT2D eigenvalue weighted by Crippen LogP contribution is -2.22. The molecule has 1 amide bonds. The first kappa shape index (κ1) is 19.9.